The Labute approximate surface area is 222 Å². The van der Waals surface area contributed by atoms with Crippen molar-refractivity contribution < 1.29 is 9.18 Å². The highest BCUT2D eigenvalue weighted by Crippen LogP contribution is 2.23. The molecule has 1 amide bonds. The monoisotopic (exact) mass is 541 g/mol. The van der Waals surface area contributed by atoms with Crippen LogP contribution < -0.4 is 22.3 Å². The first-order valence-corrected chi connectivity index (χ1v) is 11.9. The second kappa shape index (κ2) is 9.16. The number of hydrogen-bond donors (Lipinski definition) is 4. The SMILES string of the molecule is Cc1nn(-c2cccc(-c3nnc(N)[nH]3)c2)c2c(=O)n(C(=O)Nc3ccc(-n4ccnc4C)cc3F)c(=O)[nH]c12. The second-order valence-electron chi connectivity index (χ2n) is 8.84. The van der Waals surface area contributed by atoms with Crippen molar-refractivity contribution in [3.05, 3.63) is 93.0 Å². The lowest BCUT2D eigenvalue weighted by Gasteiger charge is -2.11. The van der Waals surface area contributed by atoms with E-state index in [0.29, 0.717) is 38.8 Å². The number of nitrogens with zero attached hydrogens (tertiary/aromatic N) is 7. The summed E-state index contributed by atoms with van der Waals surface area (Å²) in [6, 6.07) is 9.78. The number of anilines is 2. The third kappa shape index (κ3) is 4.01. The Hall–Kier alpha value is -5.86. The normalized spacial score (nSPS) is 11.3. The number of aromatic amines is 2. The zero-order chi connectivity index (χ0) is 28.1. The molecule has 40 heavy (non-hydrogen) atoms. The summed E-state index contributed by atoms with van der Waals surface area (Å²) in [5, 5.41) is 14.4. The molecule has 0 spiro atoms. The van der Waals surface area contributed by atoms with Crippen LogP contribution in [0.3, 0.4) is 0 Å². The molecule has 0 saturated heterocycles. The number of amides is 1. The Morgan fingerprint density at radius 1 is 1.05 bits per heavy atom. The van der Waals surface area contributed by atoms with Crippen LogP contribution in [0.15, 0.2) is 64.4 Å². The summed E-state index contributed by atoms with van der Waals surface area (Å²) >= 11 is 0. The molecule has 2 aromatic carbocycles. The van der Waals surface area contributed by atoms with Gasteiger partial charge in [-0.1, -0.05) is 12.1 Å². The van der Waals surface area contributed by atoms with E-state index in [1.54, 1.807) is 61.1 Å². The summed E-state index contributed by atoms with van der Waals surface area (Å²) in [5.74, 6) is 0.407. The number of nitrogens with two attached hydrogens (primary N) is 1. The topological polar surface area (TPSA) is 187 Å². The zero-order valence-electron chi connectivity index (χ0n) is 21.0. The Morgan fingerprint density at radius 3 is 2.58 bits per heavy atom. The lowest BCUT2D eigenvalue weighted by Crippen LogP contribution is -2.42. The molecule has 0 atom stereocenters. The highest BCUT2D eigenvalue weighted by Gasteiger charge is 2.22. The van der Waals surface area contributed by atoms with Gasteiger partial charge < -0.3 is 25.6 Å². The minimum atomic E-state index is -1.14. The molecule has 0 bridgehead atoms. The molecular weight excluding hydrogens is 521 g/mol. The van der Waals surface area contributed by atoms with Crippen LogP contribution >= 0.6 is 0 Å². The van der Waals surface area contributed by atoms with E-state index >= 15 is 0 Å². The van der Waals surface area contributed by atoms with Gasteiger partial charge in [-0.3, -0.25) is 4.79 Å². The van der Waals surface area contributed by atoms with Crippen LogP contribution in [0, 0.1) is 19.7 Å². The van der Waals surface area contributed by atoms with Gasteiger partial charge in [0.25, 0.3) is 5.56 Å². The molecule has 14 nitrogen and oxygen atoms in total. The molecule has 6 aromatic rings. The fourth-order valence-corrected chi connectivity index (χ4v) is 4.37. The molecule has 4 aromatic heterocycles. The number of imidazole rings is 1. The van der Waals surface area contributed by atoms with Gasteiger partial charge in [-0.2, -0.15) is 9.67 Å². The first-order chi connectivity index (χ1) is 19.2. The summed E-state index contributed by atoms with van der Waals surface area (Å²) in [5.41, 5.74) is 5.43. The smallest absolute Gasteiger partial charge is 0.337 e. The number of hydrogen-bond acceptors (Lipinski definition) is 8. The quantitative estimate of drug-likeness (QED) is 0.261. The predicted octanol–water partition coefficient (Wildman–Crippen LogP) is 2.26. The van der Waals surface area contributed by atoms with E-state index in [0.717, 1.165) is 0 Å². The number of benzene rings is 2. The van der Waals surface area contributed by atoms with Gasteiger partial charge in [0.15, 0.2) is 11.3 Å². The van der Waals surface area contributed by atoms with Gasteiger partial charge in [0.1, 0.15) is 11.6 Å². The van der Waals surface area contributed by atoms with Crippen molar-refractivity contribution in [2.45, 2.75) is 13.8 Å². The Morgan fingerprint density at radius 2 is 1.88 bits per heavy atom. The third-order valence-electron chi connectivity index (χ3n) is 6.27. The minimum absolute atomic E-state index is 0.0621. The molecular formula is C25H20FN11O3. The van der Waals surface area contributed by atoms with Gasteiger partial charge in [-0.15, -0.1) is 10.2 Å². The average molecular weight is 542 g/mol. The second-order valence-corrected chi connectivity index (χ2v) is 8.84. The van der Waals surface area contributed by atoms with Crippen LogP contribution in [0.25, 0.3) is 33.8 Å². The maximum absolute atomic E-state index is 14.9. The number of fused-ring (bicyclic) bond motifs is 1. The Kier molecular flexibility index (Phi) is 5.60. The summed E-state index contributed by atoms with van der Waals surface area (Å²) in [6.07, 6.45) is 3.24. The fraction of sp³-hybridized carbons (Fsp3) is 0.0800. The highest BCUT2D eigenvalue weighted by atomic mass is 19.1. The first-order valence-electron chi connectivity index (χ1n) is 11.9. The summed E-state index contributed by atoms with van der Waals surface area (Å²) < 4.78 is 18.2. The number of nitrogens with one attached hydrogen (secondary N) is 3. The molecule has 0 aliphatic carbocycles. The Bertz CT molecular complexity index is 2060. The molecule has 0 saturated carbocycles. The van der Waals surface area contributed by atoms with Crippen molar-refractivity contribution in [3.63, 3.8) is 0 Å². The van der Waals surface area contributed by atoms with Crippen molar-refractivity contribution in [2.24, 2.45) is 0 Å². The summed E-state index contributed by atoms with van der Waals surface area (Å²) in [6.45, 7) is 3.37. The van der Waals surface area contributed by atoms with Crippen molar-refractivity contribution in [2.75, 3.05) is 11.1 Å². The van der Waals surface area contributed by atoms with Crippen LogP contribution in [0.1, 0.15) is 11.5 Å². The maximum atomic E-state index is 14.9. The average Bonchev–Trinajstić information content (AvgIpc) is 3.64. The van der Waals surface area contributed by atoms with Crippen molar-refractivity contribution in [1.29, 1.82) is 0 Å². The van der Waals surface area contributed by atoms with Crippen molar-refractivity contribution >= 4 is 28.7 Å². The number of H-pyrrole nitrogens is 2. The van der Waals surface area contributed by atoms with E-state index in [1.165, 1.54) is 16.8 Å². The van der Waals surface area contributed by atoms with Gasteiger partial charge in [-0.25, -0.2) is 23.6 Å². The Balaban J connectivity index is 1.40. The molecule has 0 aliphatic heterocycles. The lowest BCUT2D eigenvalue weighted by atomic mass is 10.2. The standard InChI is InChI=1S/C25H20FN11O3/c1-12-19-20(37(34-12)16-5-3-4-14(10-16)21-31-23(27)33-32-21)22(38)36(25(40)30-19)24(39)29-18-7-6-15(11-17(18)26)35-9-8-28-13(35)2/h3-11H,1-2H3,(H,29,39)(H,30,40)(H3,27,31,32,33). The lowest BCUT2D eigenvalue weighted by molar-refractivity contribution is 0.252. The number of rotatable bonds is 4. The largest absolute Gasteiger partial charge is 0.368 e. The number of halogens is 1. The minimum Gasteiger partial charge on any atom is -0.368 e. The maximum Gasteiger partial charge on any atom is 0.337 e. The van der Waals surface area contributed by atoms with Crippen LogP contribution in [0.4, 0.5) is 20.8 Å². The summed E-state index contributed by atoms with van der Waals surface area (Å²) in [4.78, 5) is 49.0. The molecule has 0 aliphatic rings. The van der Waals surface area contributed by atoms with Gasteiger partial charge in [0.2, 0.25) is 5.95 Å². The van der Waals surface area contributed by atoms with Gasteiger partial charge in [0.05, 0.1) is 22.6 Å². The molecule has 0 radical (unpaired) electrons. The van der Waals surface area contributed by atoms with Crippen LogP contribution in [-0.4, -0.2) is 50.1 Å². The van der Waals surface area contributed by atoms with E-state index in [1.807, 2.05) is 0 Å². The van der Waals surface area contributed by atoms with Crippen molar-refractivity contribution in [3.8, 4) is 22.8 Å². The van der Waals surface area contributed by atoms with Gasteiger partial charge in [-0.05, 0) is 38.1 Å². The van der Waals surface area contributed by atoms with Crippen LogP contribution in [0.5, 0.6) is 0 Å². The van der Waals surface area contributed by atoms with Crippen LogP contribution in [-0.2, 0) is 0 Å². The number of carbonyl (C=O) groups is 1. The first kappa shape index (κ1) is 24.5. The van der Waals surface area contributed by atoms with E-state index < -0.39 is 23.1 Å². The van der Waals surface area contributed by atoms with Gasteiger partial charge >= 0.3 is 11.7 Å². The number of nitrogen functional groups attached to an aromatic ring is 1. The number of aryl methyl sites for hydroxylation is 2. The third-order valence-corrected chi connectivity index (χ3v) is 6.27. The summed E-state index contributed by atoms with van der Waals surface area (Å²) in [7, 11) is 0. The van der Waals surface area contributed by atoms with Crippen molar-refractivity contribution in [1.82, 2.24) is 44.1 Å². The molecule has 6 rings (SSSR count). The fourth-order valence-electron chi connectivity index (χ4n) is 4.37. The zero-order valence-corrected chi connectivity index (χ0v) is 21.0. The predicted molar refractivity (Wildman–Crippen MR) is 143 cm³/mol. The van der Waals surface area contributed by atoms with E-state index in [-0.39, 0.29) is 22.7 Å². The highest BCUT2D eigenvalue weighted by molar-refractivity contribution is 5.92. The van der Waals surface area contributed by atoms with Crippen LogP contribution in [0.2, 0.25) is 0 Å². The molecule has 0 unspecified atom stereocenters. The molecule has 0 fully saturated rings. The van der Waals surface area contributed by atoms with E-state index in [9.17, 15) is 18.8 Å². The molecule has 15 heteroatoms. The van der Waals surface area contributed by atoms with E-state index in [4.69, 9.17) is 5.73 Å². The van der Waals surface area contributed by atoms with E-state index in [2.05, 4.69) is 35.6 Å². The number of carbonyl (C=O) groups excluding carboxylic acids is 1. The molecule has 5 N–H and O–H groups in total. The molecule has 4 heterocycles. The van der Waals surface area contributed by atoms with Gasteiger partial charge in [0, 0.05) is 29.7 Å². The molecule has 200 valence electrons. The number of aromatic nitrogens is 9.